The van der Waals surface area contributed by atoms with Gasteiger partial charge in [-0.2, -0.15) is 0 Å². The molecular weight excluding hydrogens is 1010 g/mol. The Morgan fingerprint density at radius 3 is 0.793 bits per heavy atom. The zero-order chi connectivity index (χ0) is 59.2. The standard InChI is InChI=1S/C76H132O6/c1-4-7-10-13-16-19-22-25-28-30-32-34-35-36-37-38-39-40-41-43-44-46-48-51-54-57-60-63-66-69-75(78)81-72-73(71-80-74(77)68-65-62-59-56-53-50-27-24-21-18-15-12-9-6-3)82-76(79)70-67-64-61-58-55-52-49-47-45-42-33-31-29-26-23-20-17-14-11-8-5-2/h7,10,15-16,18-19,24-25,27-28,31-34,36-37,73H,4-6,8-9,11-14,17,20-23,26,29-30,35,38-72H2,1-3H3/b10-7-,18-15-,19-16-,27-24-,28-25-,33-31-,34-32-,37-36-. The Morgan fingerprint density at radius 2 is 0.488 bits per heavy atom. The van der Waals surface area contributed by atoms with E-state index in [1.165, 1.54) is 199 Å². The molecule has 1 atom stereocenters. The lowest BCUT2D eigenvalue weighted by atomic mass is 10.0. The molecule has 0 spiro atoms. The summed E-state index contributed by atoms with van der Waals surface area (Å²) in [7, 11) is 0. The molecule has 0 bridgehead atoms. The lowest BCUT2D eigenvalue weighted by molar-refractivity contribution is -0.167. The number of allylic oxidation sites excluding steroid dienone is 16. The third-order valence-corrected chi connectivity index (χ3v) is 15.3. The molecule has 0 saturated carbocycles. The molecule has 0 aliphatic heterocycles. The normalized spacial score (nSPS) is 12.7. The summed E-state index contributed by atoms with van der Waals surface area (Å²) in [6.07, 6.45) is 94.3. The van der Waals surface area contributed by atoms with Gasteiger partial charge < -0.3 is 14.2 Å². The minimum atomic E-state index is -0.786. The molecule has 6 heteroatoms. The quantitative estimate of drug-likeness (QED) is 0.0261. The molecule has 82 heavy (non-hydrogen) atoms. The average molecular weight is 1140 g/mol. The molecule has 0 radical (unpaired) electrons. The highest BCUT2D eigenvalue weighted by atomic mass is 16.6. The van der Waals surface area contributed by atoms with Gasteiger partial charge >= 0.3 is 17.9 Å². The van der Waals surface area contributed by atoms with E-state index in [-0.39, 0.29) is 31.1 Å². The fourth-order valence-corrected chi connectivity index (χ4v) is 10.0. The van der Waals surface area contributed by atoms with Crippen LogP contribution in [0.15, 0.2) is 97.2 Å². The van der Waals surface area contributed by atoms with Gasteiger partial charge in [0.25, 0.3) is 0 Å². The Morgan fingerprint density at radius 1 is 0.256 bits per heavy atom. The number of carbonyl (C=O) groups excluding carboxylic acids is 3. The van der Waals surface area contributed by atoms with Gasteiger partial charge in [0.15, 0.2) is 6.10 Å². The smallest absolute Gasteiger partial charge is 0.306 e. The van der Waals surface area contributed by atoms with Crippen molar-refractivity contribution in [2.45, 2.75) is 354 Å². The van der Waals surface area contributed by atoms with E-state index < -0.39 is 6.10 Å². The number of unbranched alkanes of at least 4 members (excludes halogenated alkanes) is 37. The minimum absolute atomic E-state index is 0.0812. The number of esters is 3. The fourth-order valence-electron chi connectivity index (χ4n) is 10.0. The summed E-state index contributed by atoms with van der Waals surface area (Å²) in [6, 6.07) is 0. The first kappa shape index (κ1) is 78.3. The van der Waals surface area contributed by atoms with E-state index in [2.05, 4.69) is 118 Å². The molecule has 472 valence electrons. The summed E-state index contributed by atoms with van der Waals surface area (Å²) in [6.45, 7) is 6.51. The lowest BCUT2D eigenvalue weighted by Gasteiger charge is -2.18. The van der Waals surface area contributed by atoms with Gasteiger partial charge in [0.2, 0.25) is 0 Å². The first-order valence-corrected chi connectivity index (χ1v) is 35.2. The summed E-state index contributed by atoms with van der Waals surface area (Å²) in [5.74, 6) is -0.883. The molecule has 0 aromatic carbocycles. The molecule has 0 saturated heterocycles. The molecule has 1 unspecified atom stereocenters. The Hall–Kier alpha value is -3.67. The maximum absolute atomic E-state index is 13.0. The van der Waals surface area contributed by atoms with Gasteiger partial charge in [0, 0.05) is 19.3 Å². The molecule has 0 fully saturated rings. The van der Waals surface area contributed by atoms with Crippen molar-refractivity contribution < 1.29 is 28.6 Å². The predicted molar refractivity (Wildman–Crippen MR) is 357 cm³/mol. The Balaban J connectivity index is 4.28. The van der Waals surface area contributed by atoms with Crippen LogP contribution in [0, 0.1) is 0 Å². The monoisotopic (exact) mass is 1140 g/mol. The summed E-state index contributed by atoms with van der Waals surface area (Å²) in [5, 5.41) is 0. The van der Waals surface area contributed by atoms with Crippen molar-refractivity contribution in [3.8, 4) is 0 Å². The first-order chi connectivity index (χ1) is 40.5. The van der Waals surface area contributed by atoms with Gasteiger partial charge in [-0.25, -0.2) is 0 Å². The van der Waals surface area contributed by atoms with Crippen LogP contribution in [0.1, 0.15) is 348 Å². The summed E-state index contributed by atoms with van der Waals surface area (Å²) >= 11 is 0. The van der Waals surface area contributed by atoms with Crippen molar-refractivity contribution in [2.75, 3.05) is 13.2 Å². The molecule has 6 nitrogen and oxygen atoms in total. The van der Waals surface area contributed by atoms with E-state index in [0.29, 0.717) is 19.3 Å². The van der Waals surface area contributed by atoms with E-state index >= 15 is 0 Å². The second kappa shape index (κ2) is 69.8. The predicted octanol–water partition coefficient (Wildman–Crippen LogP) is 24.4. The summed E-state index contributed by atoms with van der Waals surface area (Å²) in [5.41, 5.74) is 0. The summed E-state index contributed by atoms with van der Waals surface area (Å²) in [4.78, 5) is 38.4. The van der Waals surface area contributed by atoms with Crippen molar-refractivity contribution in [3.05, 3.63) is 97.2 Å². The van der Waals surface area contributed by atoms with Crippen LogP contribution in [0.25, 0.3) is 0 Å². The Kier molecular flexibility index (Phi) is 66.7. The van der Waals surface area contributed by atoms with Gasteiger partial charge in [0.05, 0.1) is 0 Å². The Labute approximate surface area is 508 Å². The highest BCUT2D eigenvalue weighted by Gasteiger charge is 2.19. The SMILES string of the molecule is CC/C=C\C/C=C\C/C=C\C/C=C\C/C=C\CCCCCCCCCCCCCCCC(=O)OCC(COC(=O)CCCCCCC/C=C\C/C=C\CCCC)OC(=O)CCCCCCCCCCC/C=C\CCCCCCCCCC. The third kappa shape index (κ3) is 67.1. The lowest BCUT2D eigenvalue weighted by Crippen LogP contribution is -2.30. The van der Waals surface area contributed by atoms with E-state index in [1.54, 1.807) is 0 Å². The molecule has 0 aromatic rings. The zero-order valence-electron chi connectivity index (χ0n) is 54.2. The first-order valence-electron chi connectivity index (χ1n) is 35.2. The van der Waals surface area contributed by atoms with Crippen LogP contribution in [0.4, 0.5) is 0 Å². The highest BCUT2D eigenvalue weighted by molar-refractivity contribution is 5.71. The second-order valence-electron chi connectivity index (χ2n) is 23.4. The van der Waals surface area contributed by atoms with Crippen LogP contribution in [-0.2, 0) is 28.6 Å². The number of hydrogen-bond acceptors (Lipinski definition) is 6. The molecular formula is C76H132O6. The van der Waals surface area contributed by atoms with E-state index in [1.807, 2.05) is 0 Å². The zero-order valence-corrected chi connectivity index (χ0v) is 54.2. The van der Waals surface area contributed by atoms with Crippen LogP contribution in [0.2, 0.25) is 0 Å². The van der Waals surface area contributed by atoms with Crippen molar-refractivity contribution >= 4 is 17.9 Å². The molecule has 0 rings (SSSR count). The molecule has 0 aliphatic carbocycles. The van der Waals surface area contributed by atoms with Gasteiger partial charge in [-0.1, -0.05) is 311 Å². The Bertz CT molecular complexity index is 1590. The van der Waals surface area contributed by atoms with Crippen LogP contribution in [-0.4, -0.2) is 37.2 Å². The summed E-state index contributed by atoms with van der Waals surface area (Å²) < 4.78 is 17.0. The van der Waals surface area contributed by atoms with E-state index in [0.717, 1.165) is 109 Å². The number of rotatable bonds is 64. The molecule has 0 aromatic heterocycles. The number of ether oxygens (including phenoxy) is 3. The highest BCUT2D eigenvalue weighted by Crippen LogP contribution is 2.17. The van der Waals surface area contributed by atoms with E-state index in [9.17, 15) is 14.4 Å². The maximum atomic E-state index is 13.0. The van der Waals surface area contributed by atoms with Crippen molar-refractivity contribution in [3.63, 3.8) is 0 Å². The minimum Gasteiger partial charge on any atom is -0.462 e. The van der Waals surface area contributed by atoms with Crippen molar-refractivity contribution in [1.82, 2.24) is 0 Å². The van der Waals surface area contributed by atoms with Crippen LogP contribution >= 0.6 is 0 Å². The molecule has 0 N–H and O–H groups in total. The van der Waals surface area contributed by atoms with E-state index in [4.69, 9.17) is 14.2 Å². The fraction of sp³-hybridized carbons (Fsp3) is 0.750. The van der Waals surface area contributed by atoms with Crippen LogP contribution < -0.4 is 0 Å². The van der Waals surface area contributed by atoms with Gasteiger partial charge in [-0.15, -0.1) is 0 Å². The second-order valence-corrected chi connectivity index (χ2v) is 23.4. The molecule has 0 aliphatic rings. The van der Waals surface area contributed by atoms with Crippen molar-refractivity contribution in [1.29, 1.82) is 0 Å². The maximum Gasteiger partial charge on any atom is 0.306 e. The topological polar surface area (TPSA) is 78.9 Å². The van der Waals surface area contributed by atoms with Crippen LogP contribution in [0.3, 0.4) is 0 Å². The third-order valence-electron chi connectivity index (χ3n) is 15.3. The molecule has 0 heterocycles. The van der Waals surface area contributed by atoms with Gasteiger partial charge in [-0.05, 0) is 116 Å². The molecule has 0 amide bonds. The largest absolute Gasteiger partial charge is 0.462 e. The van der Waals surface area contributed by atoms with Gasteiger partial charge in [0.1, 0.15) is 13.2 Å². The van der Waals surface area contributed by atoms with Crippen molar-refractivity contribution in [2.24, 2.45) is 0 Å². The average Bonchev–Trinajstić information content (AvgIpc) is 3.47. The van der Waals surface area contributed by atoms with Crippen LogP contribution in [0.5, 0.6) is 0 Å². The number of carbonyl (C=O) groups is 3. The number of hydrogen-bond donors (Lipinski definition) is 0. The van der Waals surface area contributed by atoms with Gasteiger partial charge in [-0.3, -0.25) is 14.4 Å².